The standard InChI is InChI=1S/C18H26O3/c1-12-6-7-13-4-2-3-5-17(13)16(12)9-8-15-10-14(19)11-18(20)21-15/h4,6-7,12,14-17,19H,2-3,5,8-11H2,1H3/t12?,14-,15-,16?,17?/m1/s1. The van der Waals surface area contributed by atoms with E-state index in [1.165, 1.54) is 24.8 Å². The van der Waals surface area contributed by atoms with Gasteiger partial charge in [-0.05, 0) is 55.4 Å². The maximum atomic E-state index is 11.4. The normalized spacial score (nSPS) is 39.4. The summed E-state index contributed by atoms with van der Waals surface area (Å²) in [7, 11) is 0. The molecule has 3 unspecified atom stereocenters. The lowest BCUT2D eigenvalue weighted by atomic mass is 9.68. The van der Waals surface area contributed by atoms with Gasteiger partial charge in [-0.2, -0.15) is 0 Å². The number of carbonyl (C=O) groups is 1. The summed E-state index contributed by atoms with van der Waals surface area (Å²) in [4.78, 5) is 11.4. The summed E-state index contributed by atoms with van der Waals surface area (Å²) in [5.41, 5.74) is 1.52. The van der Waals surface area contributed by atoms with Crippen molar-refractivity contribution in [3.05, 3.63) is 23.8 Å². The average molecular weight is 290 g/mol. The summed E-state index contributed by atoms with van der Waals surface area (Å²) in [6.45, 7) is 2.30. The number of ether oxygens (including phenoxy) is 1. The van der Waals surface area contributed by atoms with Crippen LogP contribution in [0.4, 0.5) is 0 Å². The predicted octanol–water partition coefficient (Wildman–Crippen LogP) is 3.38. The molecule has 0 radical (unpaired) electrons. The number of aliphatic hydroxyl groups is 1. The first-order valence-corrected chi connectivity index (χ1v) is 8.39. The first-order valence-electron chi connectivity index (χ1n) is 8.39. The van der Waals surface area contributed by atoms with Crippen LogP contribution in [0.15, 0.2) is 23.8 Å². The number of hydrogen-bond donors (Lipinski definition) is 1. The third-order valence-corrected chi connectivity index (χ3v) is 5.37. The largest absolute Gasteiger partial charge is 0.462 e. The Hall–Kier alpha value is -1.09. The van der Waals surface area contributed by atoms with Crippen molar-refractivity contribution >= 4 is 5.97 Å². The van der Waals surface area contributed by atoms with Crippen molar-refractivity contribution in [3.63, 3.8) is 0 Å². The summed E-state index contributed by atoms with van der Waals surface area (Å²) in [6.07, 6.45) is 13.0. The molecule has 0 bridgehead atoms. The number of carbonyl (C=O) groups excluding carboxylic acids is 1. The van der Waals surface area contributed by atoms with Gasteiger partial charge < -0.3 is 9.84 Å². The molecule has 1 saturated heterocycles. The molecule has 1 fully saturated rings. The van der Waals surface area contributed by atoms with Crippen LogP contribution in [0.3, 0.4) is 0 Å². The zero-order valence-corrected chi connectivity index (χ0v) is 12.8. The molecule has 3 rings (SSSR count). The van der Waals surface area contributed by atoms with Crippen LogP contribution in [0.25, 0.3) is 0 Å². The fraction of sp³-hybridized carbons (Fsp3) is 0.722. The second-order valence-electron chi connectivity index (χ2n) is 6.91. The first kappa shape index (κ1) is 14.8. The smallest absolute Gasteiger partial charge is 0.308 e. The maximum absolute atomic E-state index is 11.4. The molecular weight excluding hydrogens is 264 g/mol. The van der Waals surface area contributed by atoms with Crippen molar-refractivity contribution in [3.8, 4) is 0 Å². The van der Waals surface area contributed by atoms with Gasteiger partial charge in [-0.15, -0.1) is 0 Å². The molecule has 3 heteroatoms. The Morgan fingerprint density at radius 1 is 1.38 bits per heavy atom. The third kappa shape index (κ3) is 3.39. The second kappa shape index (κ2) is 6.35. The predicted molar refractivity (Wildman–Crippen MR) is 81.6 cm³/mol. The topological polar surface area (TPSA) is 46.5 Å². The van der Waals surface area contributed by atoms with Gasteiger partial charge in [0, 0.05) is 6.42 Å². The number of cyclic esters (lactones) is 1. The Morgan fingerprint density at radius 3 is 3.05 bits per heavy atom. The lowest BCUT2D eigenvalue weighted by Gasteiger charge is -2.38. The van der Waals surface area contributed by atoms with E-state index < -0.39 is 6.10 Å². The van der Waals surface area contributed by atoms with Gasteiger partial charge in [-0.25, -0.2) is 0 Å². The second-order valence-corrected chi connectivity index (χ2v) is 6.91. The molecule has 1 heterocycles. The number of hydrogen-bond acceptors (Lipinski definition) is 3. The molecule has 21 heavy (non-hydrogen) atoms. The van der Waals surface area contributed by atoms with Crippen LogP contribution in [-0.4, -0.2) is 23.3 Å². The van der Waals surface area contributed by atoms with Gasteiger partial charge in [0.25, 0.3) is 0 Å². The number of fused-ring (bicyclic) bond motifs is 1. The van der Waals surface area contributed by atoms with Gasteiger partial charge in [-0.1, -0.05) is 25.2 Å². The summed E-state index contributed by atoms with van der Waals surface area (Å²) in [5.74, 6) is 1.69. The summed E-state index contributed by atoms with van der Waals surface area (Å²) in [6, 6.07) is 0. The molecule has 0 amide bonds. The van der Waals surface area contributed by atoms with Crippen LogP contribution in [0.2, 0.25) is 0 Å². The Kier molecular flexibility index (Phi) is 4.48. The van der Waals surface area contributed by atoms with E-state index in [-0.39, 0.29) is 18.5 Å². The molecule has 2 aliphatic carbocycles. The van der Waals surface area contributed by atoms with Crippen molar-refractivity contribution in [2.24, 2.45) is 17.8 Å². The molecule has 0 aromatic rings. The lowest BCUT2D eigenvalue weighted by molar-refractivity contribution is -0.160. The van der Waals surface area contributed by atoms with Crippen LogP contribution >= 0.6 is 0 Å². The Bertz CT molecular complexity index is 451. The van der Waals surface area contributed by atoms with Crippen LogP contribution in [0, 0.1) is 17.8 Å². The van der Waals surface area contributed by atoms with E-state index in [4.69, 9.17) is 4.74 Å². The van der Waals surface area contributed by atoms with E-state index in [0.717, 1.165) is 12.8 Å². The monoisotopic (exact) mass is 290 g/mol. The Labute approximate surface area is 127 Å². The summed E-state index contributed by atoms with van der Waals surface area (Å²) >= 11 is 0. The fourth-order valence-electron chi connectivity index (χ4n) is 4.23. The van der Waals surface area contributed by atoms with Crippen molar-refractivity contribution in [1.29, 1.82) is 0 Å². The molecule has 0 aromatic heterocycles. The van der Waals surface area contributed by atoms with Gasteiger partial charge in [-0.3, -0.25) is 4.79 Å². The van der Waals surface area contributed by atoms with Crippen molar-refractivity contribution < 1.29 is 14.6 Å². The van der Waals surface area contributed by atoms with E-state index in [9.17, 15) is 9.90 Å². The molecular formula is C18H26O3. The minimum Gasteiger partial charge on any atom is -0.462 e. The number of allylic oxidation sites excluding steroid dienone is 4. The maximum Gasteiger partial charge on any atom is 0.308 e. The fourth-order valence-corrected chi connectivity index (χ4v) is 4.23. The average Bonchev–Trinajstić information content (AvgIpc) is 2.45. The zero-order chi connectivity index (χ0) is 14.8. The van der Waals surface area contributed by atoms with Crippen LogP contribution in [0.5, 0.6) is 0 Å². The molecule has 0 saturated carbocycles. The molecule has 116 valence electrons. The highest BCUT2D eigenvalue weighted by atomic mass is 16.5. The molecule has 0 spiro atoms. The highest BCUT2D eigenvalue weighted by Crippen LogP contribution is 2.42. The third-order valence-electron chi connectivity index (χ3n) is 5.37. The van der Waals surface area contributed by atoms with E-state index >= 15 is 0 Å². The van der Waals surface area contributed by atoms with Crippen molar-refractivity contribution in [1.82, 2.24) is 0 Å². The van der Waals surface area contributed by atoms with E-state index in [0.29, 0.717) is 24.2 Å². The molecule has 1 aliphatic heterocycles. The van der Waals surface area contributed by atoms with Crippen LogP contribution < -0.4 is 0 Å². The molecule has 3 nitrogen and oxygen atoms in total. The molecule has 0 aromatic carbocycles. The lowest BCUT2D eigenvalue weighted by Crippen LogP contribution is -2.34. The highest BCUT2D eigenvalue weighted by Gasteiger charge is 2.33. The van der Waals surface area contributed by atoms with Gasteiger partial charge in [0.05, 0.1) is 12.5 Å². The van der Waals surface area contributed by atoms with Gasteiger partial charge in [0.1, 0.15) is 6.10 Å². The number of esters is 1. The minimum atomic E-state index is -0.509. The summed E-state index contributed by atoms with van der Waals surface area (Å²) < 4.78 is 5.39. The summed E-state index contributed by atoms with van der Waals surface area (Å²) in [5, 5.41) is 9.71. The highest BCUT2D eigenvalue weighted by molar-refractivity contribution is 5.70. The van der Waals surface area contributed by atoms with E-state index in [2.05, 4.69) is 25.2 Å². The quantitative estimate of drug-likeness (QED) is 0.811. The SMILES string of the molecule is CC1C=CC2=CCCCC2C1CC[C@@H]1C[C@@H](O)CC(=O)O1. The zero-order valence-electron chi connectivity index (χ0n) is 12.8. The van der Waals surface area contributed by atoms with Crippen LogP contribution in [-0.2, 0) is 9.53 Å². The molecule has 5 atom stereocenters. The van der Waals surface area contributed by atoms with Crippen LogP contribution in [0.1, 0.15) is 51.9 Å². The van der Waals surface area contributed by atoms with Gasteiger partial charge in [0.15, 0.2) is 0 Å². The minimum absolute atomic E-state index is 0.0876. The Balaban J connectivity index is 1.61. The molecule has 1 N–H and O–H groups in total. The first-order chi connectivity index (χ1) is 10.1. The van der Waals surface area contributed by atoms with Crippen molar-refractivity contribution in [2.75, 3.05) is 0 Å². The Morgan fingerprint density at radius 2 is 2.24 bits per heavy atom. The number of rotatable bonds is 3. The van der Waals surface area contributed by atoms with Gasteiger partial charge in [0.2, 0.25) is 0 Å². The van der Waals surface area contributed by atoms with Gasteiger partial charge >= 0.3 is 5.97 Å². The van der Waals surface area contributed by atoms with Crippen molar-refractivity contribution in [2.45, 2.75) is 64.1 Å². The van der Waals surface area contributed by atoms with E-state index in [1.807, 2.05) is 0 Å². The number of aliphatic hydroxyl groups excluding tert-OH is 1. The van der Waals surface area contributed by atoms with E-state index in [1.54, 1.807) is 0 Å². The molecule has 3 aliphatic rings.